The number of carbonyl (C=O) groups is 1. The summed E-state index contributed by atoms with van der Waals surface area (Å²) in [6.07, 6.45) is 5.23. The number of aromatic carboxylic acids is 1. The maximum absolute atomic E-state index is 12.7. The SMILES string of the molecule is COCCCOc1cc2c(cc1COC)-c1cc(=O)c(C(=O)O)cn1N1[C@@H]2COCC12CCC2. The Morgan fingerprint density at radius 1 is 1.21 bits per heavy atom. The van der Waals surface area contributed by atoms with Crippen molar-refractivity contribution in [1.82, 2.24) is 4.68 Å². The quantitative estimate of drug-likeness (QED) is 0.588. The predicted molar refractivity (Wildman–Crippen MR) is 124 cm³/mol. The van der Waals surface area contributed by atoms with E-state index in [0.717, 1.165) is 48.1 Å². The van der Waals surface area contributed by atoms with Gasteiger partial charge in [0.05, 0.1) is 43.7 Å². The molecule has 34 heavy (non-hydrogen) atoms. The summed E-state index contributed by atoms with van der Waals surface area (Å²) in [4.78, 5) is 24.5. The molecule has 0 radical (unpaired) electrons. The summed E-state index contributed by atoms with van der Waals surface area (Å²) in [5.41, 5.74) is 2.46. The molecule has 1 N–H and O–H groups in total. The first-order chi connectivity index (χ1) is 16.5. The summed E-state index contributed by atoms with van der Waals surface area (Å²) in [7, 11) is 3.29. The highest BCUT2D eigenvalue weighted by molar-refractivity contribution is 5.88. The summed E-state index contributed by atoms with van der Waals surface area (Å²) in [5.74, 6) is -0.485. The fourth-order valence-electron chi connectivity index (χ4n) is 5.38. The van der Waals surface area contributed by atoms with E-state index < -0.39 is 11.4 Å². The topological polar surface area (TPSA) is 99.5 Å². The molecule has 1 spiro atoms. The van der Waals surface area contributed by atoms with Gasteiger partial charge in [-0.05, 0) is 37.0 Å². The Morgan fingerprint density at radius 2 is 2.03 bits per heavy atom. The van der Waals surface area contributed by atoms with Crippen LogP contribution in [-0.4, -0.2) is 61.9 Å². The minimum Gasteiger partial charge on any atom is -0.493 e. The van der Waals surface area contributed by atoms with Gasteiger partial charge in [0.1, 0.15) is 11.3 Å². The van der Waals surface area contributed by atoms with Crippen LogP contribution in [-0.2, 0) is 20.8 Å². The fourth-order valence-corrected chi connectivity index (χ4v) is 5.38. The van der Waals surface area contributed by atoms with E-state index in [1.807, 2.05) is 16.8 Å². The van der Waals surface area contributed by atoms with Gasteiger partial charge in [0.25, 0.3) is 0 Å². The van der Waals surface area contributed by atoms with Crippen LogP contribution < -0.4 is 15.2 Å². The summed E-state index contributed by atoms with van der Waals surface area (Å²) in [6.45, 7) is 2.51. The van der Waals surface area contributed by atoms with Crippen LogP contribution in [0.4, 0.5) is 0 Å². The van der Waals surface area contributed by atoms with Crippen molar-refractivity contribution in [1.29, 1.82) is 0 Å². The average Bonchev–Trinajstić information content (AvgIpc) is 2.80. The molecule has 2 aromatic rings. The molecule has 0 amide bonds. The van der Waals surface area contributed by atoms with Crippen molar-refractivity contribution in [3.63, 3.8) is 0 Å². The molecule has 3 heterocycles. The Balaban J connectivity index is 1.68. The molecule has 1 atom stereocenters. The normalized spacial score (nSPS) is 19.7. The van der Waals surface area contributed by atoms with Gasteiger partial charge in [-0.3, -0.25) is 14.5 Å². The van der Waals surface area contributed by atoms with Gasteiger partial charge in [-0.1, -0.05) is 0 Å². The number of methoxy groups -OCH3 is 2. The molecular formula is C25H30N2O7. The summed E-state index contributed by atoms with van der Waals surface area (Å²) in [6, 6.07) is 5.35. The molecule has 1 aromatic heterocycles. The van der Waals surface area contributed by atoms with Crippen molar-refractivity contribution in [2.75, 3.05) is 45.7 Å². The zero-order valence-corrected chi connectivity index (χ0v) is 19.5. The molecule has 9 heteroatoms. The number of hydrogen-bond donors (Lipinski definition) is 1. The van der Waals surface area contributed by atoms with Crippen molar-refractivity contribution in [2.45, 2.75) is 43.9 Å². The van der Waals surface area contributed by atoms with Gasteiger partial charge in [-0.15, -0.1) is 0 Å². The van der Waals surface area contributed by atoms with Gasteiger partial charge in [0, 0.05) is 50.6 Å². The van der Waals surface area contributed by atoms with Gasteiger partial charge in [0.15, 0.2) is 5.43 Å². The number of hydrogen-bond acceptors (Lipinski definition) is 7. The monoisotopic (exact) mass is 470 g/mol. The highest BCUT2D eigenvalue weighted by Crippen LogP contribution is 2.49. The first-order valence-corrected chi connectivity index (χ1v) is 11.6. The average molecular weight is 471 g/mol. The number of aromatic nitrogens is 1. The van der Waals surface area contributed by atoms with E-state index >= 15 is 0 Å². The number of carboxylic acids is 1. The maximum atomic E-state index is 12.7. The molecular weight excluding hydrogens is 440 g/mol. The van der Waals surface area contributed by atoms with Gasteiger partial charge >= 0.3 is 5.97 Å². The van der Waals surface area contributed by atoms with Crippen LogP contribution in [0, 0.1) is 0 Å². The number of carboxylic acid groups (broad SMARTS) is 1. The second-order valence-corrected chi connectivity index (χ2v) is 9.21. The minimum atomic E-state index is -1.22. The zero-order chi connectivity index (χ0) is 23.9. The Hall–Kier alpha value is -2.88. The molecule has 2 fully saturated rings. The first-order valence-electron chi connectivity index (χ1n) is 11.6. The van der Waals surface area contributed by atoms with Crippen molar-refractivity contribution >= 4 is 5.97 Å². The Labute approximate surface area is 197 Å². The molecule has 1 aliphatic carbocycles. The zero-order valence-electron chi connectivity index (χ0n) is 19.5. The number of fused-ring (bicyclic) bond motifs is 7. The third-order valence-electron chi connectivity index (χ3n) is 7.12. The Bertz CT molecular complexity index is 1150. The highest BCUT2D eigenvalue weighted by Gasteiger charge is 2.51. The van der Waals surface area contributed by atoms with Crippen molar-refractivity contribution in [3.8, 4) is 17.0 Å². The third kappa shape index (κ3) is 3.68. The molecule has 182 valence electrons. The first kappa shape index (κ1) is 22.9. The maximum Gasteiger partial charge on any atom is 0.341 e. The Morgan fingerprint density at radius 3 is 2.71 bits per heavy atom. The molecule has 1 saturated heterocycles. The lowest BCUT2D eigenvalue weighted by molar-refractivity contribution is -0.0300. The lowest BCUT2D eigenvalue weighted by Crippen LogP contribution is -2.67. The molecule has 2 aliphatic heterocycles. The largest absolute Gasteiger partial charge is 0.493 e. The number of benzene rings is 1. The molecule has 5 rings (SSSR count). The standard InChI is InChI=1S/C25H30N2O7/c1-31-7-4-8-34-23-10-18-17(9-16(23)13-32-2)20-11-22(28)19(24(29)30)12-26(20)27-21(18)14-33-15-25(27)5-3-6-25/h9-12,21H,3-8,13-15H2,1-2H3,(H,29,30)/t21-/m1/s1. The summed E-state index contributed by atoms with van der Waals surface area (Å²) in [5, 5.41) is 11.9. The van der Waals surface area contributed by atoms with Crippen LogP contribution in [0.25, 0.3) is 11.3 Å². The van der Waals surface area contributed by atoms with Gasteiger partial charge < -0.3 is 24.1 Å². The molecule has 0 unspecified atom stereocenters. The van der Waals surface area contributed by atoms with E-state index in [0.29, 0.717) is 38.7 Å². The second-order valence-electron chi connectivity index (χ2n) is 9.21. The van der Waals surface area contributed by atoms with Gasteiger partial charge in [0.2, 0.25) is 0 Å². The van der Waals surface area contributed by atoms with Crippen molar-refractivity contribution in [2.24, 2.45) is 0 Å². The molecule has 0 bridgehead atoms. The number of rotatable bonds is 8. The minimum absolute atomic E-state index is 0.126. The smallest absolute Gasteiger partial charge is 0.341 e. The lowest BCUT2D eigenvalue weighted by atomic mass is 9.74. The third-order valence-corrected chi connectivity index (χ3v) is 7.12. The number of ether oxygens (including phenoxy) is 4. The van der Waals surface area contributed by atoms with Crippen LogP contribution in [0.5, 0.6) is 5.75 Å². The fraction of sp³-hybridized carbons (Fsp3) is 0.520. The van der Waals surface area contributed by atoms with E-state index in [4.69, 9.17) is 18.9 Å². The molecule has 1 saturated carbocycles. The van der Waals surface area contributed by atoms with Crippen LogP contribution in [0.1, 0.15) is 53.2 Å². The number of pyridine rings is 1. The van der Waals surface area contributed by atoms with Crippen molar-refractivity contribution < 1.29 is 28.8 Å². The van der Waals surface area contributed by atoms with Crippen LogP contribution in [0.2, 0.25) is 0 Å². The number of morpholine rings is 1. The molecule has 9 nitrogen and oxygen atoms in total. The van der Waals surface area contributed by atoms with E-state index in [1.165, 1.54) is 12.3 Å². The van der Waals surface area contributed by atoms with E-state index in [2.05, 4.69) is 5.01 Å². The van der Waals surface area contributed by atoms with E-state index in [-0.39, 0.29) is 17.1 Å². The highest BCUT2D eigenvalue weighted by atomic mass is 16.5. The van der Waals surface area contributed by atoms with Crippen LogP contribution >= 0.6 is 0 Å². The van der Waals surface area contributed by atoms with Gasteiger partial charge in [-0.2, -0.15) is 0 Å². The predicted octanol–water partition coefficient (Wildman–Crippen LogP) is 2.72. The summed E-state index contributed by atoms with van der Waals surface area (Å²) >= 11 is 0. The molecule has 3 aliphatic rings. The second kappa shape index (κ2) is 9.05. The van der Waals surface area contributed by atoms with Crippen molar-refractivity contribution in [3.05, 3.63) is 51.3 Å². The molecule has 1 aromatic carbocycles. The van der Waals surface area contributed by atoms with E-state index in [1.54, 1.807) is 14.2 Å². The van der Waals surface area contributed by atoms with Gasteiger partial charge in [-0.25, -0.2) is 4.79 Å². The number of nitrogens with zero attached hydrogens (tertiary/aromatic N) is 2. The Kier molecular flexibility index (Phi) is 6.09. The van der Waals surface area contributed by atoms with Crippen LogP contribution in [0.3, 0.4) is 0 Å². The summed E-state index contributed by atoms with van der Waals surface area (Å²) < 4.78 is 24.7. The van der Waals surface area contributed by atoms with Crippen LogP contribution in [0.15, 0.2) is 29.2 Å². The lowest BCUT2D eigenvalue weighted by Gasteiger charge is -2.59. The van der Waals surface area contributed by atoms with E-state index in [9.17, 15) is 14.7 Å².